The molecule has 2 amide bonds. The molecule has 1 aliphatic rings. The molecule has 1 aromatic carbocycles. The molecule has 0 saturated heterocycles. The SMILES string of the molecule is O=C(O)CCNC(=O)N1CCc2ccc(Br)cc2C1. The maximum Gasteiger partial charge on any atom is 0.317 e. The number of urea groups is 1. The van der Waals surface area contributed by atoms with Crippen LogP contribution in [0.4, 0.5) is 4.79 Å². The number of carboxylic acids is 1. The lowest BCUT2D eigenvalue weighted by molar-refractivity contribution is -0.136. The summed E-state index contributed by atoms with van der Waals surface area (Å²) in [6.45, 7) is 1.39. The van der Waals surface area contributed by atoms with Crippen molar-refractivity contribution in [1.29, 1.82) is 0 Å². The van der Waals surface area contributed by atoms with Crippen LogP contribution in [0, 0.1) is 0 Å². The molecule has 1 aromatic rings. The number of fused-ring (bicyclic) bond motifs is 1. The van der Waals surface area contributed by atoms with Crippen LogP contribution in [-0.4, -0.2) is 35.1 Å². The minimum Gasteiger partial charge on any atom is -0.481 e. The summed E-state index contributed by atoms with van der Waals surface area (Å²) in [5.41, 5.74) is 2.40. The van der Waals surface area contributed by atoms with Gasteiger partial charge < -0.3 is 15.3 Å². The Labute approximate surface area is 119 Å². The van der Waals surface area contributed by atoms with E-state index < -0.39 is 5.97 Å². The van der Waals surface area contributed by atoms with Gasteiger partial charge in [0, 0.05) is 24.1 Å². The number of benzene rings is 1. The van der Waals surface area contributed by atoms with Crippen molar-refractivity contribution in [3.63, 3.8) is 0 Å². The smallest absolute Gasteiger partial charge is 0.317 e. The molecule has 0 aliphatic carbocycles. The van der Waals surface area contributed by atoms with Crippen LogP contribution in [0.3, 0.4) is 0 Å². The predicted molar refractivity (Wildman–Crippen MR) is 73.9 cm³/mol. The number of carbonyl (C=O) groups excluding carboxylic acids is 1. The summed E-state index contributed by atoms with van der Waals surface area (Å²) in [4.78, 5) is 24.0. The summed E-state index contributed by atoms with van der Waals surface area (Å²) in [5.74, 6) is -0.909. The molecule has 0 saturated carbocycles. The molecule has 6 heteroatoms. The fraction of sp³-hybridized carbons (Fsp3) is 0.385. The van der Waals surface area contributed by atoms with Gasteiger partial charge in [-0.05, 0) is 29.7 Å². The molecule has 0 spiro atoms. The standard InChI is InChI=1S/C13H15BrN2O3/c14-11-2-1-9-4-6-16(8-10(9)7-11)13(19)15-5-3-12(17)18/h1-2,7H,3-6,8H2,(H,15,19)(H,17,18). The van der Waals surface area contributed by atoms with Crippen LogP contribution >= 0.6 is 15.9 Å². The van der Waals surface area contributed by atoms with Crippen molar-refractivity contribution in [2.75, 3.05) is 13.1 Å². The van der Waals surface area contributed by atoms with Crippen molar-refractivity contribution in [3.8, 4) is 0 Å². The zero-order valence-electron chi connectivity index (χ0n) is 10.4. The third-order valence-corrected chi connectivity index (χ3v) is 3.58. The number of hydrogen-bond donors (Lipinski definition) is 2. The zero-order valence-corrected chi connectivity index (χ0v) is 11.9. The van der Waals surface area contributed by atoms with Crippen LogP contribution in [0.2, 0.25) is 0 Å². The number of amides is 2. The Kier molecular flexibility index (Phi) is 4.42. The topological polar surface area (TPSA) is 69.6 Å². The Morgan fingerprint density at radius 1 is 1.37 bits per heavy atom. The Bertz CT molecular complexity index is 505. The van der Waals surface area contributed by atoms with Crippen molar-refractivity contribution in [3.05, 3.63) is 33.8 Å². The number of aliphatic carboxylic acids is 1. The molecule has 0 bridgehead atoms. The highest BCUT2D eigenvalue weighted by Gasteiger charge is 2.20. The van der Waals surface area contributed by atoms with Gasteiger partial charge in [-0.3, -0.25) is 4.79 Å². The minimum absolute atomic E-state index is 0.0539. The van der Waals surface area contributed by atoms with Gasteiger partial charge in [0.05, 0.1) is 6.42 Å². The first-order valence-electron chi connectivity index (χ1n) is 6.08. The van der Waals surface area contributed by atoms with Gasteiger partial charge in [-0.1, -0.05) is 22.0 Å². The van der Waals surface area contributed by atoms with Gasteiger partial charge in [0.15, 0.2) is 0 Å². The van der Waals surface area contributed by atoms with E-state index in [1.54, 1.807) is 4.90 Å². The van der Waals surface area contributed by atoms with Gasteiger partial charge in [-0.15, -0.1) is 0 Å². The van der Waals surface area contributed by atoms with E-state index in [0.717, 1.165) is 16.5 Å². The summed E-state index contributed by atoms with van der Waals surface area (Å²) < 4.78 is 0.999. The van der Waals surface area contributed by atoms with E-state index in [9.17, 15) is 9.59 Å². The highest BCUT2D eigenvalue weighted by Crippen LogP contribution is 2.22. The summed E-state index contributed by atoms with van der Waals surface area (Å²) in [6.07, 6.45) is 0.774. The number of halogens is 1. The Balaban J connectivity index is 1.93. The van der Waals surface area contributed by atoms with E-state index in [-0.39, 0.29) is 19.0 Å². The minimum atomic E-state index is -0.909. The summed E-state index contributed by atoms with van der Waals surface area (Å²) in [5, 5.41) is 11.2. The monoisotopic (exact) mass is 326 g/mol. The van der Waals surface area contributed by atoms with Gasteiger partial charge in [0.1, 0.15) is 0 Å². The quantitative estimate of drug-likeness (QED) is 0.892. The molecule has 19 heavy (non-hydrogen) atoms. The molecule has 1 heterocycles. The van der Waals surface area contributed by atoms with Crippen LogP contribution < -0.4 is 5.32 Å². The fourth-order valence-corrected chi connectivity index (χ4v) is 2.50. The molecule has 2 N–H and O–H groups in total. The summed E-state index contributed by atoms with van der Waals surface area (Å²) in [7, 11) is 0. The second-order valence-electron chi connectivity index (χ2n) is 4.46. The first kappa shape index (κ1) is 13.9. The largest absolute Gasteiger partial charge is 0.481 e. The number of rotatable bonds is 3. The van der Waals surface area contributed by atoms with Crippen molar-refractivity contribution >= 4 is 27.9 Å². The van der Waals surface area contributed by atoms with E-state index in [1.165, 1.54) is 5.56 Å². The maximum atomic E-state index is 11.9. The van der Waals surface area contributed by atoms with Gasteiger partial charge in [0.2, 0.25) is 0 Å². The highest BCUT2D eigenvalue weighted by molar-refractivity contribution is 9.10. The molecule has 102 valence electrons. The molecule has 1 aliphatic heterocycles. The Morgan fingerprint density at radius 2 is 2.16 bits per heavy atom. The third kappa shape index (κ3) is 3.70. The lowest BCUT2D eigenvalue weighted by Gasteiger charge is -2.29. The molecule has 0 fully saturated rings. The van der Waals surface area contributed by atoms with Crippen LogP contribution in [0.1, 0.15) is 17.5 Å². The van der Waals surface area contributed by atoms with Gasteiger partial charge in [-0.2, -0.15) is 0 Å². The predicted octanol–water partition coefficient (Wildman–Crippen LogP) is 1.99. The van der Waals surface area contributed by atoms with Crippen molar-refractivity contribution in [1.82, 2.24) is 10.2 Å². The third-order valence-electron chi connectivity index (χ3n) is 3.08. The normalized spacial score (nSPS) is 13.8. The van der Waals surface area contributed by atoms with E-state index in [2.05, 4.69) is 27.3 Å². The summed E-state index contributed by atoms with van der Waals surface area (Å²) in [6, 6.07) is 5.89. The van der Waals surface area contributed by atoms with Crippen molar-refractivity contribution in [2.24, 2.45) is 0 Å². The van der Waals surface area contributed by atoms with Gasteiger partial charge >= 0.3 is 12.0 Å². The molecule has 5 nitrogen and oxygen atoms in total. The first-order chi connectivity index (χ1) is 9.06. The lowest BCUT2D eigenvalue weighted by atomic mass is 10.0. The van der Waals surface area contributed by atoms with Crippen molar-refractivity contribution < 1.29 is 14.7 Å². The maximum absolute atomic E-state index is 11.9. The zero-order chi connectivity index (χ0) is 13.8. The number of nitrogens with zero attached hydrogens (tertiary/aromatic N) is 1. The highest BCUT2D eigenvalue weighted by atomic mass is 79.9. The fourth-order valence-electron chi connectivity index (χ4n) is 2.09. The van der Waals surface area contributed by atoms with Crippen LogP contribution in [0.5, 0.6) is 0 Å². The lowest BCUT2D eigenvalue weighted by Crippen LogP contribution is -2.43. The molecule has 2 rings (SSSR count). The number of carboxylic acid groups (broad SMARTS) is 1. The Morgan fingerprint density at radius 3 is 2.89 bits per heavy atom. The number of hydrogen-bond acceptors (Lipinski definition) is 2. The number of nitrogens with one attached hydrogen (secondary N) is 1. The molecule has 0 aromatic heterocycles. The Hall–Kier alpha value is -1.56. The second-order valence-corrected chi connectivity index (χ2v) is 5.38. The first-order valence-corrected chi connectivity index (χ1v) is 6.87. The molecule has 0 unspecified atom stereocenters. The van der Waals surface area contributed by atoms with E-state index >= 15 is 0 Å². The molecular weight excluding hydrogens is 312 g/mol. The van der Waals surface area contributed by atoms with Gasteiger partial charge in [-0.25, -0.2) is 4.79 Å². The average molecular weight is 327 g/mol. The number of carbonyl (C=O) groups is 2. The van der Waals surface area contributed by atoms with E-state index in [4.69, 9.17) is 5.11 Å². The molecular formula is C13H15BrN2O3. The van der Waals surface area contributed by atoms with E-state index in [0.29, 0.717) is 13.1 Å². The summed E-state index contributed by atoms with van der Waals surface area (Å²) >= 11 is 3.42. The van der Waals surface area contributed by atoms with Gasteiger partial charge in [0.25, 0.3) is 0 Å². The van der Waals surface area contributed by atoms with Crippen molar-refractivity contribution in [2.45, 2.75) is 19.4 Å². The molecule has 0 atom stereocenters. The van der Waals surface area contributed by atoms with Crippen LogP contribution in [-0.2, 0) is 17.8 Å². The van der Waals surface area contributed by atoms with Crippen LogP contribution in [0.25, 0.3) is 0 Å². The van der Waals surface area contributed by atoms with Crippen LogP contribution in [0.15, 0.2) is 22.7 Å². The second kappa shape index (κ2) is 6.06. The average Bonchev–Trinajstić information content (AvgIpc) is 2.37. The molecule has 0 radical (unpaired) electrons. The van der Waals surface area contributed by atoms with E-state index in [1.807, 2.05) is 12.1 Å².